The van der Waals surface area contributed by atoms with Crippen LogP contribution in [0.1, 0.15) is 22.3 Å². The smallest absolute Gasteiger partial charge is 0.270 e. The van der Waals surface area contributed by atoms with Crippen molar-refractivity contribution in [1.29, 1.82) is 0 Å². The highest BCUT2D eigenvalue weighted by molar-refractivity contribution is 6.08. The van der Waals surface area contributed by atoms with Gasteiger partial charge in [0.2, 0.25) is 0 Å². The molecule has 2 aromatic carbocycles. The van der Waals surface area contributed by atoms with E-state index in [1.54, 1.807) is 36.4 Å². The molecule has 6 atom stereocenters. The van der Waals surface area contributed by atoms with Gasteiger partial charge in [0.1, 0.15) is 18.2 Å². The minimum atomic E-state index is -0.498. The zero-order valence-corrected chi connectivity index (χ0v) is 17.1. The maximum absolute atomic E-state index is 13.0. The van der Waals surface area contributed by atoms with Gasteiger partial charge in [-0.2, -0.15) is 5.01 Å². The fourth-order valence-corrected chi connectivity index (χ4v) is 5.68. The van der Waals surface area contributed by atoms with E-state index in [1.165, 1.54) is 12.1 Å². The van der Waals surface area contributed by atoms with Crippen LogP contribution in [0, 0.1) is 41.3 Å². The van der Waals surface area contributed by atoms with Gasteiger partial charge < -0.3 is 4.74 Å². The monoisotopic (exact) mass is 432 g/mol. The van der Waals surface area contributed by atoms with Crippen molar-refractivity contribution in [3.05, 3.63) is 77.6 Å². The summed E-state index contributed by atoms with van der Waals surface area (Å²) in [4.78, 5) is 38.7. The maximum Gasteiger partial charge on any atom is 0.270 e. The molecule has 0 spiro atoms. The van der Waals surface area contributed by atoms with E-state index in [1.807, 2.05) is 0 Å². The summed E-state index contributed by atoms with van der Waals surface area (Å²) < 4.78 is 18.6. The molecular weight excluding hydrogens is 411 g/mol. The average molecular weight is 432 g/mol. The molecule has 1 N–H and O–H groups in total. The van der Waals surface area contributed by atoms with E-state index in [-0.39, 0.29) is 47.9 Å². The van der Waals surface area contributed by atoms with Crippen molar-refractivity contribution in [1.82, 2.24) is 10.4 Å². The Bertz CT molecular complexity index is 1110. The van der Waals surface area contributed by atoms with Gasteiger partial charge in [0.05, 0.1) is 11.8 Å². The average Bonchev–Trinajstić information content (AvgIpc) is 3.60. The molecule has 2 saturated carbocycles. The molecular formula is C25H21FN2O4. The van der Waals surface area contributed by atoms with Crippen molar-refractivity contribution in [2.45, 2.75) is 13.0 Å². The molecule has 4 unspecified atom stereocenters. The summed E-state index contributed by atoms with van der Waals surface area (Å²) in [5, 5.41) is 0.945. The summed E-state index contributed by atoms with van der Waals surface area (Å²) in [6.45, 7) is 0.262. The van der Waals surface area contributed by atoms with Crippen molar-refractivity contribution in [2.24, 2.45) is 35.5 Å². The summed E-state index contributed by atoms with van der Waals surface area (Å²) in [7, 11) is 0. The first-order valence-electron chi connectivity index (χ1n) is 10.9. The Labute approximate surface area is 184 Å². The van der Waals surface area contributed by atoms with Crippen LogP contribution in [0.15, 0.2) is 60.7 Å². The molecule has 7 heteroatoms. The van der Waals surface area contributed by atoms with Crippen LogP contribution >= 0.6 is 0 Å². The highest BCUT2D eigenvalue weighted by Gasteiger charge is 2.67. The van der Waals surface area contributed by atoms with E-state index >= 15 is 0 Å². The lowest BCUT2D eigenvalue weighted by Crippen LogP contribution is -2.46. The van der Waals surface area contributed by atoms with Crippen LogP contribution < -0.4 is 10.2 Å². The Morgan fingerprint density at radius 3 is 2.12 bits per heavy atom. The van der Waals surface area contributed by atoms with Gasteiger partial charge in [0.15, 0.2) is 0 Å². The lowest BCUT2D eigenvalue weighted by Gasteiger charge is -2.37. The SMILES string of the molecule is O=C(NN1C(=O)[C@@H]2C3C=CC(C4CC43)[C@@H]2C1=O)c1ccc(COc2ccc(F)cc2)cc1. The molecule has 3 fully saturated rings. The number of amides is 3. The molecule has 162 valence electrons. The number of halogens is 1. The summed E-state index contributed by atoms with van der Waals surface area (Å²) in [6, 6.07) is 12.5. The lowest BCUT2D eigenvalue weighted by atomic mass is 9.63. The number of hydrazine groups is 1. The molecule has 3 amide bonds. The fraction of sp³-hybridized carbons (Fsp3) is 0.320. The molecule has 4 aliphatic carbocycles. The fourth-order valence-electron chi connectivity index (χ4n) is 5.68. The predicted octanol–water partition coefficient (Wildman–Crippen LogP) is 3.10. The van der Waals surface area contributed by atoms with E-state index in [2.05, 4.69) is 17.6 Å². The van der Waals surface area contributed by atoms with E-state index in [9.17, 15) is 18.8 Å². The highest BCUT2D eigenvalue weighted by Crippen LogP contribution is 2.65. The number of nitrogens with one attached hydrogen (secondary N) is 1. The molecule has 1 heterocycles. The van der Waals surface area contributed by atoms with E-state index < -0.39 is 5.91 Å². The zero-order chi connectivity index (χ0) is 22.0. The highest BCUT2D eigenvalue weighted by atomic mass is 19.1. The number of ether oxygens (including phenoxy) is 1. The zero-order valence-electron chi connectivity index (χ0n) is 17.1. The lowest BCUT2D eigenvalue weighted by molar-refractivity contribution is -0.143. The van der Waals surface area contributed by atoms with E-state index in [4.69, 9.17) is 4.74 Å². The molecule has 7 rings (SSSR count). The first kappa shape index (κ1) is 19.2. The number of allylic oxidation sites excluding steroid dienone is 2. The van der Waals surface area contributed by atoms with Crippen LogP contribution in [-0.4, -0.2) is 22.7 Å². The first-order chi connectivity index (χ1) is 15.5. The number of carbonyl (C=O) groups is 3. The number of imide groups is 1. The Kier molecular flexibility index (Phi) is 4.22. The van der Waals surface area contributed by atoms with Crippen molar-refractivity contribution in [3.63, 3.8) is 0 Å². The number of nitrogens with zero attached hydrogens (tertiary/aromatic N) is 1. The van der Waals surface area contributed by atoms with E-state index in [0.717, 1.165) is 17.0 Å². The second kappa shape index (κ2) is 7.02. The summed E-state index contributed by atoms with van der Waals surface area (Å²) in [6.07, 6.45) is 5.30. The number of benzene rings is 2. The first-order valence-corrected chi connectivity index (χ1v) is 10.9. The third-order valence-corrected chi connectivity index (χ3v) is 7.31. The normalized spacial score (nSPS) is 31.3. The predicted molar refractivity (Wildman–Crippen MR) is 111 cm³/mol. The Morgan fingerprint density at radius 2 is 1.53 bits per heavy atom. The number of rotatable bonds is 5. The number of carbonyl (C=O) groups excluding carboxylic acids is 3. The van der Waals surface area contributed by atoms with Crippen LogP contribution in [0.2, 0.25) is 0 Å². The molecule has 2 aromatic rings. The van der Waals surface area contributed by atoms with Gasteiger partial charge in [-0.15, -0.1) is 0 Å². The van der Waals surface area contributed by atoms with Gasteiger partial charge in [0, 0.05) is 5.56 Å². The topological polar surface area (TPSA) is 75.7 Å². The van der Waals surface area contributed by atoms with Crippen molar-refractivity contribution in [2.75, 3.05) is 0 Å². The van der Waals surface area contributed by atoms with Crippen LogP contribution in [0.3, 0.4) is 0 Å². The number of hydrogen-bond acceptors (Lipinski definition) is 4. The van der Waals surface area contributed by atoms with Crippen molar-refractivity contribution >= 4 is 17.7 Å². The Balaban J connectivity index is 1.11. The Morgan fingerprint density at radius 1 is 0.938 bits per heavy atom. The molecule has 32 heavy (non-hydrogen) atoms. The summed E-state index contributed by atoms with van der Waals surface area (Å²) in [5.74, 6) is -0.273. The van der Waals surface area contributed by atoms with Crippen LogP contribution in [-0.2, 0) is 16.2 Å². The van der Waals surface area contributed by atoms with Gasteiger partial charge >= 0.3 is 0 Å². The third-order valence-electron chi connectivity index (χ3n) is 7.31. The quantitative estimate of drug-likeness (QED) is 0.582. The van der Waals surface area contributed by atoms with Crippen molar-refractivity contribution < 1.29 is 23.5 Å². The molecule has 2 bridgehead atoms. The molecule has 1 aliphatic heterocycles. The van der Waals surface area contributed by atoms with Crippen LogP contribution in [0.4, 0.5) is 4.39 Å². The summed E-state index contributed by atoms with van der Waals surface area (Å²) in [5.41, 5.74) is 3.70. The summed E-state index contributed by atoms with van der Waals surface area (Å²) >= 11 is 0. The van der Waals surface area contributed by atoms with Gasteiger partial charge in [-0.05, 0) is 72.1 Å². The minimum absolute atomic E-state index is 0.119. The molecule has 0 aromatic heterocycles. The second-order valence-electron chi connectivity index (χ2n) is 9.05. The third kappa shape index (κ3) is 2.95. The van der Waals surface area contributed by atoms with E-state index in [0.29, 0.717) is 23.1 Å². The molecule has 1 saturated heterocycles. The van der Waals surface area contributed by atoms with Gasteiger partial charge in [-0.1, -0.05) is 24.3 Å². The van der Waals surface area contributed by atoms with Crippen LogP contribution in [0.5, 0.6) is 5.75 Å². The number of hydrogen-bond donors (Lipinski definition) is 1. The molecule has 6 nitrogen and oxygen atoms in total. The minimum Gasteiger partial charge on any atom is -0.489 e. The van der Waals surface area contributed by atoms with Gasteiger partial charge in [0.25, 0.3) is 17.7 Å². The van der Waals surface area contributed by atoms with Gasteiger partial charge in [-0.3, -0.25) is 19.8 Å². The maximum atomic E-state index is 13.0. The molecule has 0 radical (unpaired) electrons. The standard InChI is InChI=1S/C25H21FN2O4/c26-15-5-7-16(8-6-15)32-12-13-1-3-14(4-2-13)23(29)27-28-24(30)21-17-9-10-18(20-11-19(17)20)22(21)25(28)31/h1-10,17-22H,11-12H2,(H,27,29)/t17?,18?,19?,20?,21-,22+. The van der Waals surface area contributed by atoms with Crippen LogP contribution in [0.25, 0.3) is 0 Å². The second-order valence-corrected chi connectivity index (χ2v) is 9.05. The van der Waals surface area contributed by atoms with Gasteiger partial charge in [-0.25, -0.2) is 4.39 Å². The van der Waals surface area contributed by atoms with Crippen molar-refractivity contribution in [3.8, 4) is 5.75 Å². The Hall–Kier alpha value is -3.48. The largest absolute Gasteiger partial charge is 0.489 e. The molecule has 5 aliphatic rings.